The second kappa shape index (κ2) is 9.93. The van der Waals surface area contributed by atoms with Crippen LogP contribution >= 0.6 is 0 Å². The van der Waals surface area contributed by atoms with Crippen molar-refractivity contribution in [2.45, 2.75) is 20.5 Å². The van der Waals surface area contributed by atoms with Crippen LogP contribution < -0.4 is 0 Å². The molecule has 2 rings (SSSR count). The number of terminal acetylenes is 1. The molecule has 0 saturated heterocycles. The molecule has 28 heavy (non-hydrogen) atoms. The molecule has 0 radical (unpaired) electrons. The standard InChI is InChI=1S/C22H22N2O4/c1-6-17-11-7-8-12-18(17)16(3)23-28-14-20-15(2)10-9-13-19(20)21(24-27-5)22(25)26-4/h1,7-13H,14H2,2-5H3/b23-16+,24-21+. The van der Waals surface area contributed by atoms with Gasteiger partial charge in [-0.05, 0) is 25.5 Å². The fourth-order valence-corrected chi connectivity index (χ4v) is 2.67. The Kier molecular flexibility index (Phi) is 7.35. The zero-order valence-electron chi connectivity index (χ0n) is 16.4. The maximum atomic E-state index is 12.1. The summed E-state index contributed by atoms with van der Waals surface area (Å²) in [6, 6.07) is 13.0. The van der Waals surface area contributed by atoms with Crippen LogP contribution in [0.15, 0.2) is 52.8 Å². The van der Waals surface area contributed by atoms with E-state index in [2.05, 4.69) is 16.2 Å². The number of oxime groups is 2. The summed E-state index contributed by atoms with van der Waals surface area (Å²) in [5, 5.41) is 7.99. The van der Waals surface area contributed by atoms with Crippen LogP contribution in [0, 0.1) is 19.3 Å². The van der Waals surface area contributed by atoms with Crippen molar-refractivity contribution in [1.29, 1.82) is 0 Å². The number of hydrogen-bond donors (Lipinski definition) is 0. The molecular weight excluding hydrogens is 356 g/mol. The second-order valence-electron chi connectivity index (χ2n) is 5.86. The minimum absolute atomic E-state index is 0.0608. The quantitative estimate of drug-likeness (QED) is 0.320. The van der Waals surface area contributed by atoms with Crippen LogP contribution in [-0.4, -0.2) is 31.6 Å². The van der Waals surface area contributed by atoms with Crippen molar-refractivity contribution in [3.05, 3.63) is 70.3 Å². The molecule has 144 valence electrons. The lowest BCUT2D eigenvalue weighted by molar-refractivity contribution is -0.132. The second-order valence-corrected chi connectivity index (χ2v) is 5.86. The average Bonchev–Trinajstić information content (AvgIpc) is 2.72. The van der Waals surface area contributed by atoms with Gasteiger partial charge in [0.1, 0.15) is 13.7 Å². The summed E-state index contributed by atoms with van der Waals surface area (Å²) in [7, 11) is 2.65. The van der Waals surface area contributed by atoms with Gasteiger partial charge >= 0.3 is 5.97 Å². The molecular formula is C22H22N2O4. The van der Waals surface area contributed by atoms with Gasteiger partial charge in [-0.25, -0.2) is 4.79 Å². The van der Waals surface area contributed by atoms with E-state index in [0.29, 0.717) is 11.3 Å². The van der Waals surface area contributed by atoms with E-state index in [4.69, 9.17) is 20.8 Å². The topological polar surface area (TPSA) is 69.5 Å². The van der Waals surface area contributed by atoms with Crippen LogP contribution in [0.25, 0.3) is 0 Å². The van der Waals surface area contributed by atoms with Crippen molar-refractivity contribution in [2.24, 2.45) is 10.3 Å². The summed E-state index contributed by atoms with van der Waals surface area (Å²) in [5.41, 5.74) is 4.52. The first kappa shape index (κ1) is 20.7. The molecule has 6 nitrogen and oxygen atoms in total. The summed E-state index contributed by atoms with van der Waals surface area (Å²) < 4.78 is 4.80. The Labute approximate surface area is 164 Å². The molecule has 0 heterocycles. The number of carbonyl (C=O) groups is 1. The van der Waals surface area contributed by atoms with Gasteiger partial charge in [0.15, 0.2) is 5.71 Å². The Balaban J connectivity index is 2.31. The molecule has 0 N–H and O–H groups in total. The average molecular weight is 378 g/mol. The van der Waals surface area contributed by atoms with Gasteiger partial charge in [0.2, 0.25) is 0 Å². The molecule has 0 aliphatic rings. The van der Waals surface area contributed by atoms with E-state index < -0.39 is 5.97 Å². The normalized spacial score (nSPS) is 11.5. The van der Waals surface area contributed by atoms with Gasteiger partial charge in [-0.3, -0.25) is 0 Å². The van der Waals surface area contributed by atoms with Crippen LogP contribution in [-0.2, 0) is 25.8 Å². The van der Waals surface area contributed by atoms with E-state index in [1.165, 1.54) is 14.2 Å². The molecule has 0 fully saturated rings. The van der Waals surface area contributed by atoms with Gasteiger partial charge in [-0.1, -0.05) is 52.6 Å². The fourth-order valence-electron chi connectivity index (χ4n) is 2.67. The third-order valence-electron chi connectivity index (χ3n) is 4.11. The van der Waals surface area contributed by atoms with Crippen molar-refractivity contribution in [3.8, 4) is 12.3 Å². The SMILES string of the molecule is C#Cc1ccccc1/C(C)=N/OCc1c(C)cccc1/C(=N\OC)C(=O)OC. The Morgan fingerprint density at radius 1 is 1.07 bits per heavy atom. The summed E-state index contributed by atoms with van der Waals surface area (Å²) in [5.74, 6) is 2.03. The highest BCUT2D eigenvalue weighted by Crippen LogP contribution is 2.18. The van der Waals surface area contributed by atoms with Gasteiger partial charge < -0.3 is 14.4 Å². The van der Waals surface area contributed by atoms with Gasteiger partial charge in [0.05, 0.1) is 12.8 Å². The third kappa shape index (κ3) is 4.77. The minimum Gasteiger partial charge on any atom is -0.464 e. The van der Waals surface area contributed by atoms with Crippen molar-refractivity contribution in [3.63, 3.8) is 0 Å². The van der Waals surface area contributed by atoms with E-state index in [1.807, 2.05) is 50.2 Å². The molecule has 0 bridgehead atoms. The maximum absolute atomic E-state index is 12.1. The Morgan fingerprint density at radius 2 is 1.79 bits per heavy atom. The van der Waals surface area contributed by atoms with Crippen molar-refractivity contribution in [2.75, 3.05) is 14.2 Å². The van der Waals surface area contributed by atoms with Gasteiger partial charge in [0, 0.05) is 22.3 Å². The lowest BCUT2D eigenvalue weighted by Gasteiger charge is -2.12. The lowest BCUT2D eigenvalue weighted by Crippen LogP contribution is -2.20. The summed E-state index contributed by atoms with van der Waals surface area (Å²) in [4.78, 5) is 22.5. The number of esters is 1. The summed E-state index contributed by atoms with van der Waals surface area (Å²) in [6.07, 6.45) is 5.54. The Hall–Kier alpha value is -3.59. The third-order valence-corrected chi connectivity index (χ3v) is 4.11. The Morgan fingerprint density at radius 3 is 2.46 bits per heavy atom. The maximum Gasteiger partial charge on any atom is 0.360 e. The molecule has 0 saturated carbocycles. The van der Waals surface area contributed by atoms with Crippen molar-refractivity contribution in [1.82, 2.24) is 0 Å². The zero-order chi connectivity index (χ0) is 20.5. The van der Waals surface area contributed by atoms with Crippen LogP contribution in [0.1, 0.15) is 34.7 Å². The first-order chi connectivity index (χ1) is 13.5. The van der Waals surface area contributed by atoms with Crippen LogP contribution in [0.3, 0.4) is 0 Å². The predicted octanol–water partition coefficient (Wildman–Crippen LogP) is 3.44. The molecule has 0 atom stereocenters. The van der Waals surface area contributed by atoms with Gasteiger partial charge in [0.25, 0.3) is 0 Å². The van der Waals surface area contributed by atoms with E-state index in [0.717, 1.165) is 22.3 Å². The number of methoxy groups -OCH3 is 1. The first-order valence-electron chi connectivity index (χ1n) is 8.54. The highest BCUT2D eigenvalue weighted by atomic mass is 16.6. The number of ether oxygens (including phenoxy) is 1. The molecule has 0 amide bonds. The highest BCUT2D eigenvalue weighted by molar-refractivity contribution is 6.43. The van der Waals surface area contributed by atoms with E-state index in [9.17, 15) is 4.79 Å². The van der Waals surface area contributed by atoms with Crippen molar-refractivity contribution >= 4 is 17.4 Å². The monoisotopic (exact) mass is 378 g/mol. The highest BCUT2D eigenvalue weighted by Gasteiger charge is 2.20. The Bertz CT molecular complexity index is 955. The molecule has 6 heteroatoms. The molecule has 0 aliphatic heterocycles. The molecule has 0 aliphatic carbocycles. The first-order valence-corrected chi connectivity index (χ1v) is 8.54. The number of hydrogen-bond acceptors (Lipinski definition) is 6. The van der Waals surface area contributed by atoms with E-state index >= 15 is 0 Å². The predicted molar refractivity (Wildman–Crippen MR) is 108 cm³/mol. The number of benzene rings is 2. The number of rotatable bonds is 7. The molecule has 0 spiro atoms. The van der Waals surface area contributed by atoms with E-state index in [1.54, 1.807) is 6.07 Å². The number of aryl methyl sites for hydroxylation is 1. The number of carbonyl (C=O) groups excluding carboxylic acids is 1. The largest absolute Gasteiger partial charge is 0.464 e. The molecule has 0 unspecified atom stereocenters. The van der Waals surface area contributed by atoms with Crippen LogP contribution in [0.5, 0.6) is 0 Å². The van der Waals surface area contributed by atoms with E-state index in [-0.39, 0.29) is 12.3 Å². The zero-order valence-corrected chi connectivity index (χ0v) is 16.4. The molecule has 0 aromatic heterocycles. The summed E-state index contributed by atoms with van der Waals surface area (Å²) in [6.45, 7) is 3.87. The van der Waals surface area contributed by atoms with Gasteiger partial charge in [-0.2, -0.15) is 0 Å². The van der Waals surface area contributed by atoms with Crippen LogP contribution in [0.2, 0.25) is 0 Å². The fraction of sp³-hybridized carbons (Fsp3) is 0.227. The molecule has 2 aromatic carbocycles. The van der Waals surface area contributed by atoms with Crippen molar-refractivity contribution < 1.29 is 19.2 Å². The summed E-state index contributed by atoms with van der Waals surface area (Å²) >= 11 is 0. The molecule has 2 aromatic rings. The minimum atomic E-state index is -0.601. The smallest absolute Gasteiger partial charge is 0.360 e. The van der Waals surface area contributed by atoms with Crippen LogP contribution in [0.4, 0.5) is 0 Å². The number of nitrogens with zero attached hydrogens (tertiary/aromatic N) is 2. The lowest BCUT2D eigenvalue weighted by atomic mass is 9.99. The van der Waals surface area contributed by atoms with Gasteiger partial charge in [-0.15, -0.1) is 6.42 Å².